The number of aliphatic hydroxyl groups excluding tert-OH is 1. The third kappa shape index (κ3) is 2.96. The summed E-state index contributed by atoms with van der Waals surface area (Å²) in [6.07, 6.45) is -5.30. The highest BCUT2D eigenvalue weighted by atomic mass is 19.4. The molecule has 1 aromatic carbocycles. The summed E-state index contributed by atoms with van der Waals surface area (Å²) in [6, 6.07) is 3.88. The molecule has 0 aliphatic carbocycles. The Morgan fingerprint density at radius 3 is 2.50 bits per heavy atom. The maximum atomic E-state index is 12.6. The molecule has 2 nitrogen and oxygen atoms in total. The molecular formula is C11H14F3NO. The summed E-state index contributed by atoms with van der Waals surface area (Å²) in [6.45, 7) is 1.62. The Bertz CT molecular complexity index is 363. The Kier molecular flexibility index (Phi) is 3.93. The first-order chi connectivity index (χ1) is 7.36. The van der Waals surface area contributed by atoms with Crippen LogP contribution in [0.5, 0.6) is 0 Å². The molecule has 0 aromatic heterocycles. The van der Waals surface area contributed by atoms with Gasteiger partial charge in [-0.3, -0.25) is 0 Å². The van der Waals surface area contributed by atoms with Crippen molar-refractivity contribution >= 4 is 0 Å². The second-order valence-electron chi connectivity index (χ2n) is 3.65. The maximum absolute atomic E-state index is 12.6. The first kappa shape index (κ1) is 13.0. The molecule has 0 amide bonds. The maximum Gasteiger partial charge on any atom is 0.416 e. The molecule has 16 heavy (non-hydrogen) atoms. The molecule has 0 fully saturated rings. The second-order valence-corrected chi connectivity index (χ2v) is 3.65. The first-order valence-corrected chi connectivity index (χ1v) is 4.86. The molecule has 0 heterocycles. The lowest BCUT2D eigenvalue weighted by atomic mass is 10.0. The van der Waals surface area contributed by atoms with Gasteiger partial charge in [-0.05, 0) is 31.2 Å². The van der Waals surface area contributed by atoms with Gasteiger partial charge in [0, 0.05) is 6.54 Å². The lowest BCUT2D eigenvalue weighted by Crippen LogP contribution is -2.17. The third-order valence-corrected chi connectivity index (χ3v) is 2.35. The SMILES string of the molecule is CNCC(O)c1ccc(C)c(C(F)(F)F)c1. The molecule has 5 heteroatoms. The van der Waals surface area contributed by atoms with Gasteiger partial charge in [-0.25, -0.2) is 0 Å². The summed E-state index contributed by atoms with van der Waals surface area (Å²) in [5.41, 5.74) is -0.264. The Hall–Kier alpha value is -1.07. The van der Waals surface area contributed by atoms with Crippen molar-refractivity contribution in [1.82, 2.24) is 5.32 Å². The number of aryl methyl sites for hydroxylation is 1. The van der Waals surface area contributed by atoms with E-state index in [1.165, 1.54) is 19.1 Å². The molecule has 0 spiro atoms. The van der Waals surface area contributed by atoms with Crippen molar-refractivity contribution in [3.05, 3.63) is 34.9 Å². The average molecular weight is 233 g/mol. The van der Waals surface area contributed by atoms with Gasteiger partial charge in [0.15, 0.2) is 0 Å². The predicted octanol–water partition coefficient (Wildman–Crippen LogP) is 2.27. The van der Waals surface area contributed by atoms with E-state index in [2.05, 4.69) is 5.32 Å². The van der Waals surface area contributed by atoms with Gasteiger partial charge in [0.05, 0.1) is 11.7 Å². The summed E-state index contributed by atoms with van der Waals surface area (Å²) in [5.74, 6) is 0. The second kappa shape index (κ2) is 4.84. The summed E-state index contributed by atoms with van der Waals surface area (Å²) in [5, 5.41) is 12.3. The van der Waals surface area contributed by atoms with Crippen molar-refractivity contribution in [2.24, 2.45) is 0 Å². The average Bonchev–Trinajstić information content (AvgIpc) is 2.16. The van der Waals surface area contributed by atoms with Crippen molar-refractivity contribution < 1.29 is 18.3 Å². The van der Waals surface area contributed by atoms with Crippen molar-refractivity contribution in [1.29, 1.82) is 0 Å². The number of rotatable bonds is 3. The molecule has 1 unspecified atom stereocenters. The van der Waals surface area contributed by atoms with Gasteiger partial charge < -0.3 is 10.4 Å². The van der Waals surface area contributed by atoms with Crippen LogP contribution in [-0.2, 0) is 6.18 Å². The van der Waals surface area contributed by atoms with E-state index < -0.39 is 17.8 Å². The van der Waals surface area contributed by atoms with Crippen molar-refractivity contribution in [2.75, 3.05) is 13.6 Å². The van der Waals surface area contributed by atoms with Gasteiger partial charge in [-0.1, -0.05) is 12.1 Å². The number of likely N-dealkylation sites (N-methyl/N-ethyl adjacent to an activating group) is 1. The fourth-order valence-corrected chi connectivity index (χ4v) is 1.46. The molecule has 0 saturated heterocycles. The summed E-state index contributed by atoms with van der Waals surface area (Å²) < 4.78 is 37.7. The van der Waals surface area contributed by atoms with Crippen LogP contribution in [0, 0.1) is 6.92 Å². The van der Waals surface area contributed by atoms with Crippen LogP contribution in [0.1, 0.15) is 22.8 Å². The number of alkyl halides is 3. The smallest absolute Gasteiger partial charge is 0.387 e. The molecule has 2 N–H and O–H groups in total. The van der Waals surface area contributed by atoms with Gasteiger partial charge in [0.2, 0.25) is 0 Å². The molecule has 1 atom stereocenters. The molecule has 0 aliphatic rings. The molecule has 0 radical (unpaired) electrons. The fraction of sp³-hybridized carbons (Fsp3) is 0.455. The minimum absolute atomic E-state index is 0.160. The van der Waals surface area contributed by atoms with Gasteiger partial charge in [-0.15, -0.1) is 0 Å². The molecule has 1 aromatic rings. The van der Waals surface area contributed by atoms with Crippen molar-refractivity contribution in [3.63, 3.8) is 0 Å². The summed E-state index contributed by atoms with van der Waals surface area (Å²) in [4.78, 5) is 0. The van der Waals surface area contributed by atoms with E-state index in [0.717, 1.165) is 6.07 Å². The molecule has 1 rings (SSSR count). The number of hydrogen-bond donors (Lipinski definition) is 2. The van der Waals surface area contributed by atoms with Crippen LogP contribution in [0.15, 0.2) is 18.2 Å². The highest BCUT2D eigenvalue weighted by Gasteiger charge is 2.32. The topological polar surface area (TPSA) is 32.3 Å². The van der Waals surface area contributed by atoms with Crippen LogP contribution in [-0.4, -0.2) is 18.7 Å². The summed E-state index contributed by atoms with van der Waals surface area (Å²) >= 11 is 0. The van der Waals surface area contributed by atoms with Crippen LogP contribution in [0.2, 0.25) is 0 Å². The first-order valence-electron chi connectivity index (χ1n) is 4.86. The van der Waals surface area contributed by atoms with Crippen LogP contribution in [0.3, 0.4) is 0 Å². The highest BCUT2D eigenvalue weighted by molar-refractivity contribution is 5.34. The normalized spacial score (nSPS) is 13.9. The van der Waals surface area contributed by atoms with Gasteiger partial charge >= 0.3 is 6.18 Å². The van der Waals surface area contributed by atoms with Gasteiger partial charge in [0.25, 0.3) is 0 Å². The van der Waals surface area contributed by atoms with Gasteiger partial charge in [-0.2, -0.15) is 13.2 Å². The van der Waals surface area contributed by atoms with Crippen LogP contribution >= 0.6 is 0 Å². The zero-order chi connectivity index (χ0) is 12.3. The fourth-order valence-electron chi connectivity index (χ4n) is 1.46. The lowest BCUT2D eigenvalue weighted by Gasteiger charge is -2.15. The zero-order valence-electron chi connectivity index (χ0n) is 9.10. The summed E-state index contributed by atoms with van der Waals surface area (Å²) in [7, 11) is 1.63. The lowest BCUT2D eigenvalue weighted by molar-refractivity contribution is -0.138. The molecule has 90 valence electrons. The Labute approximate surface area is 92.1 Å². The number of hydrogen-bond acceptors (Lipinski definition) is 2. The van der Waals surface area contributed by atoms with E-state index in [-0.39, 0.29) is 17.7 Å². The Morgan fingerprint density at radius 2 is 2.00 bits per heavy atom. The largest absolute Gasteiger partial charge is 0.416 e. The van der Waals surface area contributed by atoms with E-state index in [1.807, 2.05) is 0 Å². The van der Waals surface area contributed by atoms with Crippen LogP contribution in [0.25, 0.3) is 0 Å². The Morgan fingerprint density at radius 1 is 1.38 bits per heavy atom. The van der Waals surface area contributed by atoms with Gasteiger partial charge in [0.1, 0.15) is 0 Å². The molecule has 0 aliphatic heterocycles. The zero-order valence-corrected chi connectivity index (χ0v) is 9.10. The number of nitrogens with one attached hydrogen (secondary N) is 1. The monoisotopic (exact) mass is 233 g/mol. The van der Waals surface area contributed by atoms with E-state index in [1.54, 1.807) is 7.05 Å². The van der Waals surface area contributed by atoms with Crippen LogP contribution < -0.4 is 5.32 Å². The number of halogens is 3. The van der Waals surface area contributed by atoms with Crippen LogP contribution in [0.4, 0.5) is 13.2 Å². The highest BCUT2D eigenvalue weighted by Crippen LogP contribution is 2.33. The predicted molar refractivity (Wildman–Crippen MR) is 55.1 cm³/mol. The standard InChI is InChI=1S/C11H14F3NO/c1-7-3-4-8(10(16)6-15-2)5-9(7)11(12,13)14/h3-5,10,15-16H,6H2,1-2H3. The third-order valence-electron chi connectivity index (χ3n) is 2.35. The number of benzene rings is 1. The van der Waals surface area contributed by atoms with E-state index >= 15 is 0 Å². The van der Waals surface area contributed by atoms with E-state index in [4.69, 9.17) is 0 Å². The minimum Gasteiger partial charge on any atom is -0.387 e. The Balaban J connectivity index is 3.07. The van der Waals surface area contributed by atoms with Crippen molar-refractivity contribution in [2.45, 2.75) is 19.2 Å². The molecule has 0 bridgehead atoms. The van der Waals surface area contributed by atoms with E-state index in [0.29, 0.717) is 0 Å². The van der Waals surface area contributed by atoms with E-state index in [9.17, 15) is 18.3 Å². The molecular weight excluding hydrogens is 219 g/mol. The minimum atomic E-state index is -4.38. The van der Waals surface area contributed by atoms with Crippen molar-refractivity contribution in [3.8, 4) is 0 Å². The number of aliphatic hydroxyl groups is 1. The quantitative estimate of drug-likeness (QED) is 0.839. The molecule has 0 saturated carbocycles.